The maximum atomic E-state index is 14.3. The number of aromatic nitrogens is 1. The molecule has 3 rings (SSSR count). The summed E-state index contributed by atoms with van der Waals surface area (Å²) in [5.74, 6) is -1.95. The second-order valence-electron chi connectivity index (χ2n) is 6.03. The maximum absolute atomic E-state index is 14.3. The monoisotopic (exact) mass is 387 g/mol. The number of thiazole rings is 1. The first-order chi connectivity index (χ1) is 12.9. The van der Waals surface area contributed by atoms with E-state index in [0.717, 1.165) is 0 Å². The zero-order valence-corrected chi connectivity index (χ0v) is 15.5. The number of nitrogens with zero attached hydrogens (tertiary/aromatic N) is 3. The largest absolute Gasteiger partial charge is 0.504 e. The van der Waals surface area contributed by atoms with Crippen LogP contribution in [0.4, 0.5) is 4.39 Å². The molecule has 0 amide bonds. The van der Waals surface area contributed by atoms with Crippen LogP contribution < -0.4 is 4.80 Å². The van der Waals surface area contributed by atoms with Gasteiger partial charge in [-0.15, -0.1) is 11.3 Å². The molecule has 6 nitrogen and oxygen atoms in total. The quantitative estimate of drug-likeness (QED) is 0.471. The van der Waals surface area contributed by atoms with E-state index in [9.17, 15) is 19.7 Å². The van der Waals surface area contributed by atoms with Crippen molar-refractivity contribution >= 4 is 17.6 Å². The third kappa shape index (κ3) is 3.85. The highest BCUT2D eigenvalue weighted by molar-refractivity contribution is 7.07. The van der Waals surface area contributed by atoms with Crippen LogP contribution in [0.2, 0.25) is 0 Å². The summed E-state index contributed by atoms with van der Waals surface area (Å²) in [6.07, 6.45) is 1.31. The van der Waals surface area contributed by atoms with E-state index >= 15 is 0 Å². The lowest BCUT2D eigenvalue weighted by molar-refractivity contribution is 0.367. The molecule has 0 aliphatic carbocycles. The molecule has 3 N–H and O–H groups in total. The highest BCUT2D eigenvalue weighted by atomic mass is 32.1. The lowest BCUT2D eigenvalue weighted by Crippen LogP contribution is -2.14. The molecule has 0 saturated carbocycles. The Morgan fingerprint density at radius 3 is 2.52 bits per heavy atom. The molecule has 2 aromatic carbocycles. The van der Waals surface area contributed by atoms with E-state index in [1.807, 2.05) is 13.8 Å². The summed E-state index contributed by atoms with van der Waals surface area (Å²) < 4.78 is 15.7. The van der Waals surface area contributed by atoms with E-state index in [4.69, 9.17) is 0 Å². The first kappa shape index (κ1) is 18.7. The Balaban J connectivity index is 2.15. The molecule has 0 fully saturated rings. The number of halogens is 1. The molecule has 1 heterocycles. The van der Waals surface area contributed by atoms with E-state index in [1.165, 1.54) is 40.4 Å². The van der Waals surface area contributed by atoms with Crippen molar-refractivity contribution in [3.63, 3.8) is 0 Å². The van der Waals surface area contributed by atoms with Crippen molar-refractivity contribution in [2.24, 2.45) is 10.1 Å². The average molecular weight is 387 g/mol. The Morgan fingerprint density at radius 2 is 1.81 bits per heavy atom. The van der Waals surface area contributed by atoms with Crippen molar-refractivity contribution in [1.82, 2.24) is 4.68 Å². The van der Waals surface area contributed by atoms with Crippen LogP contribution in [0.25, 0.3) is 11.3 Å². The van der Waals surface area contributed by atoms with Crippen molar-refractivity contribution in [2.45, 2.75) is 19.9 Å². The predicted octanol–water partition coefficient (Wildman–Crippen LogP) is 3.66. The molecular formula is C19H18FN3O3S. The topological polar surface area (TPSA) is 90.3 Å². The molecule has 0 aliphatic rings. The minimum absolute atomic E-state index is 0.00434. The van der Waals surface area contributed by atoms with E-state index in [0.29, 0.717) is 16.1 Å². The molecule has 8 heteroatoms. The van der Waals surface area contributed by atoms with Crippen molar-refractivity contribution in [3.8, 4) is 28.5 Å². The van der Waals surface area contributed by atoms with Crippen LogP contribution in [-0.4, -0.2) is 32.3 Å². The van der Waals surface area contributed by atoms with Gasteiger partial charge in [0, 0.05) is 22.5 Å². The van der Waals surface area contributed by atoms with Gasteiger partial charge in [0.25, 0.3) is 0 Å². The van der Waals surface area contributed by atoms with Crippen LogP contribution >= 0.6 is 11.3 Å². The molecule has 3 aromatic rings. The van der Waals surface area contributed by atoms with Crippen LogP contribution in [0.15, 0.2) is 51.9 Å². The number of aromatic hydroxyl groups is 3. The van der Waals surface area contributed by atoms with Gasteiger partial charge < -0.3 is 15.3 Å². The molecule has 0 saturated heterocycles. The molecule has 0 unspecified atom stereocenters. The molecule has 140 valence electrons. The van der Waals surface area contributed by atoms with Gasteiger partial charge in [0.05, 0.1) is 11.9 Å². The number of phenolic OH excluding ortho intramolecular Hbond substituents is 3. The van der Waals surface area contributed by atoms with Crippen molar-refractivity contribution < 1.29 is 19.7 Å². The van der Waals surface area contributed by atoms with Gasteiger partial charge in [-0.05, 0) is 38.1 Å². The Morgan fingerprint density at radius 1 is 1.07 bits per heavy atom. The summed E-state index contributed by atoms with van der Waals surface area (Å²) in [6.45, 7) is 3.83. The van der Waals surface area contributed by atoms with Gasteiger partial charge in [-0.25, -0.2) is 9.07 Å². The fourth-order valence-electron chi connectivity index (χ4n) is 2.38. The van der Waals surface area contributed by atoms with Crippen LogP contribution in [0.3, 0.4) is 0 Å². The smallest absolute Gasteiger partial charge is 0.206 e. The predicted molar refractivity (Wildman–Crippen MR) is 103 cm³/mol. The molecule has 0 spiro atoms. The van der Waals surface area contributed by atoms with Gasteiger partial charge in [0.1, 0.15) is 5.82 Å². The summed E-state index contributed by atoms with van der Waals surface area (Å²) in [5.41, 5.74) is 1.07. The molecular weight excluding hydrogens is 369 g/mol. The van der Waals surface area contributed by atoms with Gasteiger partial charge in [0.2, 0.25) is 10.6 Å². The Kier molecular flexibility index (Phi) is 5.27. The van der Waals surface area contributed by atoms with E-state index in [2.05, 4.69) is 10.1 Å². The Bertz CT molecular complexity index is 1070. The second-order valence-corrected chi connectivity index (χ2v) is 6.87. The Labute approximate surface area is 158 Å². The summed E-state index contributed by atoms with van der Waals surface area (Å²) in [5, 5.41) is 35.1. The van der Waals surface area contributed by atoms with Gasteiger partial charge >= 0.3 is 0 Å². The zero-order chi connectivity index (χ0) is 19.6. The van der Waals surface area contributed by atoms with Crippen molar-refractivity contribution in [3.05, 3.63) is 58.0 Å². The summed E-state index contributed by atoms with van der Waals surface area (Å²) in [4.78, 5) is 5.05. The summed E-state index contributed by atoms with van der Waals surface area (Å²) in [6, 6.07) is 9.00. The van der Waals surface area contributed by atoms with E-state index < -0.39 is 17.2 Å². The lowest BCUT2D eigenvalue weighted by atomic mass is 10.1. The first-order valence-corrected chi connectivity index (χ1v) is 9.04. The molecule has 27 heavy (non-hydrogen) atoms. The van der Waals surface area contributed by atoms with Gasteiger partial charge in [-0.2, -0.15) is 5.10 Å². The second kappa shape index (κ2) is 7.63. The number of phenols is 3. The zero-order valence-electron chi connectivity index (χ0n) is 14.7. The number of hydrogen-bond acceptors (Lipinski definition) is 6. The van der Waals surface area contributed by atoms with Crippen molar-refractivity contribution in [1.29, 1.82) is 0 Å². The summed E-state index contributed by atoms with van der Waals surface area (Å²) >= 11 is 1.32. The van der Waals surface area contributed by atoms with Gasteiger partial charge in [-0.3, -0.25) is 4.99 Å². The van der Waals surface area contributed by atoms with E-state index in [-0.39, 0.29) is 17.4 Å². The average Bonchev–Trinajstić information content (AvgIpc) is 3.01. The van der Waals surface area contributed by atoms with Crippen LogP contribution in [-0.2, 0) is 0 Å². The Hall–Kier alpha value is -3.13. The highest BCUT2D eigenvalue weighted by Crippen LogP contribution is 2.36. The maximum Gasteiger partial charge on any atom is 0.206 e. The van der Waals surface area contributed by atoms with Crippen LogP contribution in [0.5, 0.6) is 17.2 Å². The third-order valence-corrected chi connectivity index (χ3v) is 4.51. The van der Waals surface area contributed by atoms with Crippen molar-refractivity contribution in [2.75, 3.05) is 0 Å². The molecule has 0 radical (unpaired) electrons. The normalized spacial score (nSPS) is 12.4. The minimum Gasteiger partial charge on any atom is -0.504 e. The fraction of sp³-hybridized carbons (Fsp3) is 0.158. The molecule has 0 atom stereocenters. The van der Waals surface area contributed by atoms with Crippen LogP contribution in [0.1, 0.15) is 19.4 Å². The highest BCUT2D eigenvalue weighted by Gasteiger charge is 2.13. The number of rotatable bonds is 4. The molecule has 0 bridgehead atoms. The van der Waals surface area contributed by atoms with Crippen LogP contribution in [0, 0.1) is 5.82 Å². The molecule has 1 aromatic heterocycles. The van der Waals surface area contributed by atoms with Gasteiger partial charge in [0.15, 0.2) is 11.5 Å². The SMILES string of the molecule is CC(C)N=c1scc(-c2ccccc2F)n1N=Cc1ccc(O)c(O)c1O. The number of benzene rings is 2. The van der Waals surface area contributed by atoms with E-state index in [1.54, 1.807) is 23.6 Å². The lowest BCUT2D eigenvalue weighted by Gasteiger charge is -2.06. The minimum atomic E-state index is -0.629. The summed E-state index contributed by atoms with van der Waals surface area (Å²) in [7, 11) is 0. The number of hydrogen-bond donors (Lipinski definition) is 3. The van der Waals surface area contributed by atoms with Gasteiger partial charge in [-0.1, -0.05) is 12.1 Å². The fourth-order valence-corrected chi connectivity index (χ4v) is 3.35. The first-order valence-electron chi connectivity index (χ1n) is 8.16. The standard InChI is InChI=1S/C19H18FN3O3S/c1-11(2)22-19-23(15(10-27-19)13-5-3-4-6-14(13)20)21-9-12-7-8-16(24)18(26)17(12)25/h3-11,24-26H,1-2H3. The molecule has 0 aliphatic heterocycles. The third-order valence-electron chi connectivity index (χ3n) is 3.68.